The molecule has 0 heterocycles. The van der Waals surface area contributed by atoms with Crippen LogP contribution in [0.5, 0.6) is 0 Å². The summed E-state index contributed by atoms with van der Waals surface area (Å²) in [5.74, 6) is 0.648. The maximum Gasteiger partial charge on any atom is 0.188 e. The highest BCUT2D eigenvalue weighted by Gasteiger charge is 2.38. The molecule has 4 nitrogen and oxygen atoms in total. The van der Waals surface area contributed by atoms with Gasteiger partial charge >= 0.3 is 0 Å². The Morgan fingerprint density at radius 3 is 2.39 bits per heavy atom. The van der Waals surface area contributed by atoms with Crippen LogP contribution >= 0.6 is 0 Å². The van der Waals surface area contributed by atoms with Gasteiger partial charge in [0.05, 0.1) is 6.54 Å². The van der Waals surface area contributed by atoms with E-state index in [-0.39, 0.29) is 5.54 Å². The molecule has 0 spiro atoms. The maximum atomic E-state index is 6.01. The molecular formula is C14H28N4. The Morgan fingerprint density at radius 1 is 1.22 bits per heavy atom. The second-order valence-electron chi connectivity index (χ2n) is 6.15. The molecule has 18 heavy (non-hydrogen) atoms. The lowest BCUT2D eigenvalue weighted by Crippen LogP contribution is -2.53. The molecule has 0 amide bonds. The molecule has 4 heteroatoms. The van der Waals surface area contributed by atoms with Gasteiger partial charge in [0, 0.05) is 11.6 Å². The third kappa shape index (κ3) is 3.16. The van der Waals surface area contributed by atoms with Crippen molar-refractivity contribution in [2.45, 2.75) is 62.9 Å². The fraction of sp³-hybridized carbons (Fsp3) is 0.929. The first-order valence-corrected chi connectivity index (χ1v) is 7.36. The highest BCUT2D eigenvalue weighted by atomic mass is 15.2. The van der Waals surface area contributed by atoms with Crippen LogP contribution in [0.25, 0.3) is 0 Å². The largest absolute Gasteiger partial charge is 0.370 e. The molecular weight excluding hydrogens is 224 g/mol. The first kappa shape index (κ1) is 13.7. The molecule has 104 valence electrons. The van der Waals surface area contributed by atoms with Gasteiger partial charge in [-0.3, -0.25) is 4.99 Å². The topological polar surface area (TPSA) is 53.6 Å². The molecule has 3 N–H and O–H groups in total. The van der Waals surface area contributed by atoms with Gasteiger partial charge in [0.15, 0.2) is 5.96 Å². The molecule has 0 saturated heterocycles. The van der Waals surface area contributed by atoms with E-state index in [1.807, 2.05) is 0 Å². The molecule has 0 aromatic rings. The molecule has 0 aliphatic heterocycles. The van der Waals surface area contributed by atoms with Crippen molar-refractivity contribution in [1.82, 2.24) is 10.2 Å². The fourth-order valence-electron chi connectivity index (χ4n) is 3.07. The van der Waals surface area contributed by atoms with E-state index in [2.05, 4.69) is 29.3 Å². The summed E-state index contributed by atoms with van der Waals surface area (Å²) in [4.78, 5) is 6.89. The number of hydrogen-bond acceptors (Lipinski definition) is 2. The molecule has 2 aliphatic carbocycles. The maximum absolute atomic E-state index is 6.01. The number of hydrogen-bond donors (Lipinski definition) is 2. The Kier molecular flexibility index (Phi) is 4.49. The minimum absolute atomic E-state index is 0.277. The lowest BCUT2D eigenvalue weighted by molar-refractivity contribution is 0.0699. The highest BCUT2D eigenvalue weighted by Crippen LogP contribution is 2.36. The van der Waals surface area contributed by atoms with Gasteiger partial charge in [-0.15, -0.1) is 0 Å². The number of nitrogens with two attached hydrogens (primary N) is 1. The first-order valence-electron chi connectivity index (χ1n) is 7.36. The van der Waals surface area contributed by atoms with Crippen LogP contribution in [0.2, 0.25) is 0 Å². The molecule has 0 atom stereocenters. The van der Waals surface area contributed by atoms with Crippen LogP contribution in [0.4, 0.5) is 0 Å². The molecule has 0 unspecified atom stereocenters. The zero-order chi connectivity index (χ0) is 13.0. The summed E-state index contributed by atoms with van der Waals surface area (Å²) in [6.07, 6.45) is 10.3. The van der Waals surface area contributed by atoms with Gasteiger partial charge < -0.3 is 16.0 Å². The van der Waals surface area contributed by atoms with Gasteiger partial charge in [-0.05, 0) is 46.2 Å². The van der Waals surface area contributed by atoms with E-state index in [1.165, 1.54) is 51.4 Å². The van der Waals surface area contributed by atoms with Crippen molar-refractivity contribution in [2.75, 3.05) is 20.6 Å². The van der Waals surface area contributed by atoms with Crippen molar-refractivity contribution in [3.8, 4) is 0 Å². The second-order valence-corrected chi connectivity index (χ2v) is 6.15. The number of likely N-dealkylation sites (N-methyl/N-ethyl adjacent to an activating group) is 1. The normalized spacial score (nSPS) is 24.9. The Bertz CT molecular complexity index is 288. The zero-order valence-electron chi connectivity index (χ0n) is 11.9. The van der Waals surface area contributed by atoms with Crippen molar-refractivity contribution < 1.29 is 0 Å². The first-order chi connectivity index (χ1) is 8.62. The molecule has 0 bridgehead atoms. The van der Waals surface area contributed by atoms with Crippen LogP contribution in [-0.4, -0.2) is 43.1 Å². The Labute approximate surface area is 111 Å². The van der Waals surface area contributed by atoms with Crippen LogP contribution in [0.15, 0.2) is 4.99 Å². The second kappa shape index (κ2) is 5.91. The van der Waals surface area contributed by atoms with Gasteiger partial charge in [-0.25, -0.2) is 0 Å². The average Bonchev–Trinajstić information content (AvgIpc) is 2.28. The number of aliphatic imine (C=N–C) groups is 1. The summed E-state index contributed by atoms with van der Waals surface area (Å²) in [5.41, 5.74) is 6.29. The monoisotopic (exact) mass is 252 g/mol. The van der Waals surface area contributed by atoms with Crippen molar-refractivity contribution in [1.29, 1.82) is 0 Å². The molecule has 2 fully saturated rings. The molecule has 0 aromatic heterocycles. The summed E-state index contributed by atoms with van der Waals surface area (Å²) < 4.78 is 0. The number of rotatable bonds is 4. The quantitative estimate of drug-likeness (QED) is 0.591. The third-order valence-electron chi connectivity index (χ3n) is 4.73. The number of nitrogens with zero attached hydrogens (tertiary/aromatic N) is 2. The van der Waals surface area contributed by atoms with E-state index in [0.717, 1.165) is 6.54 Å². The van der Waals surface area contributed by atoms with E-state index in [4.69, 9.17) is 5.73 Å². The highest BCUT2D eigenvalue weighted by molar-refractivity contribution is 5.78. The van der Waals surface area contributed by atoms with Gasteiger partial charge in [0.25, 0.3) is 0 Å². The summed E-state index contributed by atoms with van der Waals surface area (Å²) in [6, 6.07) is 0.555. The third-order valence-corrected chi connectivity index (χ3v) is 4.73. The van der Waals surface area contributed by atoms with E-state index in [1.54, 1.807) is 0 Å². The standard InChI is InChI=1S/C14H28N4/c1-18(2)14(9-6-10-14)11-16-13(15)17-12-7-4-3-5-8-12/h12H,3-11H2,1-2H3,(H3,15,16,17). The predicted octanol–water partition coefficient (Wildman–Crippen LogP) is 1.71. The van der Waals surface area contributed by atoms with Crippen molar-refractivity contribution in [3.63, 3.8) is 0 Å². The predicted molar refractivity (Wildman–Crippen MR) is 76.8 cm³/mol. The Balaban J connectivity index is 1.80. The van der Waals surface area contributed by atoms with Crippen molar-refractivity contribution in [3.05, 3.63) is 0 Å². The van der Waals surface area contributed by atoms with Crippen LogP contribution in [0.3, 0.4) is 0 Å². The van der Waals surface area contributed by atoms with Gasteiger partial charge in [-0.1, -0.05) is 19.3 Å². The summed E-state index contributed by atoms with van der Waals surface area (Å²) in [5, 5.41) is 3.39. The smallest absolute Gasteiger partial charge is 0.188 e. The van der Waals surface area contributed by atoms with Crippen molar-refractivity contribution >= 4 is 5.96 Å². The van der Waals surface area contributed by atoms with Crippen LogP contribution in [0, 0.1) is 0 Å². The molecule has 0 aromatic carbocycles. The SMILES string of the molecule is CN(C)C1(CN=C(N)NC2CCCCC2)CCC1. The van der Waals surface area contributed by atoms with E-state index in [9.17, 15) is 0 Å². The Morgan fingerprint density at radius 2 is 1.89 bits per heavy atom. The molecule has 2 saturated carbocycles. The summed E-state index contributed by atoms with van der Waals surface area (Å²) >= 11 is 0. The average molecular weight is 252 g/mol. The van der Waals surface area contributed by atoms with E-state index < -0.39 is 0 Å². The van der Waals surface area contributed by atoms with E-state index in [0.29, 0.717) is 12.0 Å². The zero-order valence-corrected chi connectivity index (χ0v) is 11.9. The van der Waals surface area contributed by atoms with Crippen LogP contribution < -0.4 is 11.1 Å². The minimum Gasteiger partial charge on any atom is -0.370 e. The number of guanidine groups is 1. The number of nitrogens with one attached hydrogen (secondary N) is 1. The molecule has 0 radical (unpaired) electrons. The van der Waals surface area contributed by atoms with Gasteiger partial charge in [-0.2, -0.15) is 0 Å². The lowest BCUT2D eigenvalue weighted by atomic mass is 9.76. The van der Waals surface area contributed by atoms with Crippen molar-refractivity contribution in [2.24, 2.45) is 10.7 Å². The lowest BCUT2D eigenvalue weighted by Gasteiger charge is -2.46. The fourth-order valence-corrected chi connectivity index (χ4v) is 3.07. The summed E-state index contributed by atoms with van der Waals surface area (Å²) in [6.45, 7) is 0.839. The summed E-state index contributed by atoms with van der Waals surface area (Å²) in [7, 11) is 4.30. The van der Waals surface area contributed by atoms with E-state index >= 15 is 0 Å². The Hall–Kier alpha value is -0.770. The molecule has 2 rings (SSSR count). The van der Waals surface area contributed by atoms with Gasteiger partial charge in [0.2, 0.25) is 0 Å². The van der Waals surface area contributed by atoms with Gasteiger partial charge in [0.1, 0.15) is 0 Å². The van der Waals surface area contributed by atoms with Crippen LogP contribution in [-0.2, 0) is 0 Å². The van der Waals surface area contributed by atoms with Crippen LogP contribution in [0.1, 0.15) is 51.4 Å². The molecule has 2 aliphatic rings. The minimum atomic E-state index is 0.277.